The Kier molecular flexibility index (Phi) is 5.49. The number of para-hydroxylation sites is 2. The molecule has 1 N–H and O–H groups in total. The van der Waals surface area contributed by atoms with Gasteiger partial charge in [-0.25, -0.2) is 5.43 Å². The number of hydrazone groups is 1. The summed E-state index contributed by atoms with van der Waals surface area (Å²) in [6, 6.07) is 21.3. The Bertz CT molecular complexity index is 951. The number of carbonyl (C=O) groups is 1. The zero-order valence-corrected chi connectivity index (χ0v) is 14.7. The molecule has 5 heteroatoms. The molecule has 5 nitrogen and oxygen atoms in total. The van der Waals surface area contributed by atoms with Gasteiger partial charge in [-0.1, -0.05) is 48.5 Å². The maximum Gasteiger partial charge on any atom is 0.277 e. The van der Waals surface area contributed by atoms with Gasteiger partial charge in [0.15, 0.2) is 18.1 Å². The maximum absolute atomic E-state index is 12.0. The molecular formula is C21H20N2O3. The van der Waals surface area contributed by atoms with Gasteiger partial charge >= 0.3 is 0 Å². The molecule has 1 amide bonds. The highest BCUT2D eigenvalue weighted by Crippen LogP contribution is 2.25. The number of carbonyl (C=O) groups excluding carboxylic acids is 1. The van der Waals surface area contributed by atoms with Gasteiger partial charge < -0.3 is 9.47 Å². The number of fused-ring (bicyclic) bond motifs is 1. The van der Waals surface area contributed by atoms with Gasteiger partial charge in [-0.2, -0.15) is 5.10 Å². The molecule has 0 saturated carbocycles. The normalized spacial score (nSPS) is 11.2. The van der Waals surface area contributed by atoms with Crippen LogP contribution in [0.5, 0.6) is 11.5 Å². The van der Waals surface area contributed by atoms with E-state index in [2.05, 4.69) is 16.6 Å². The van der Waals surface area contributed by atoms with Gasteiger partial charge in [0.2, 0.25) is 0 Å². The Balaban J connectivity index is 1.61. The van der Waals surface area contributed by atoms with Crippen molar-refractivity contribution in [2.75, 3.05) is 13.7 Å². The van der Waals surface area contributed by atoms with E-state index >= 15 is 0 Å². The number of hydrogen-bond acceptors (Lipinski definition) is 4. The van der Waals surface area contributed by atoms with Crippen LogP contribution in [0.4, 0.5) is 0 Å². The van der Waals surface area contributed by atoms with Crippen molar-refractivity contribution >= 4 is 22.4 Å². The summed E-state index contributed by atoms with van der Waals surface area (Å²) >= 11 is 0. The van der Waals surface area contributed by atoms with Gasteiger partial charge in [-0.3, -0.25) is 4.79 Å². The van der Waals surface area contributed by atoms with Gasteiger partial charge in [-0.15, -0.1) is 0 Å². The zero-order chi connectivity index (χ0) is 18.4. The molecule has 0 aliphatic heterocycles. The summed E-state index contributed by atoms with van der Waals surface area (Å²) < 4.78 is 10.7. The second-order valence-corrected chi connectivity index (χ2v) is 5.73. The summed E-state index contributed by atoms with van der Waals surface area (Å²) in [7, 11) is 1.56. The smallest absolute Gasteiger partial charge is 0.277 e. The molecule has 0 saturated heterocycles. The van der Waals surface area contributed by atoms with Crippen molar-refractivity contribution in [2.24, 2.45) is 5.10 Å². The number of benzene rings is 3. The number of rotatable bonds is 6. The molecule has 3 aromatic carbocycles. The fourth-order valence-electron chi connectivity index (χ4n) is 2.54. The van der Waals surface area contributed by atoms with Gasteiger partial charge in [0.25, 0.3) is 5.91 Å². The summed E-state index contributed by atoms with van der Waals surface area (Å²) in [5.74, 6) is 0.757. The summed E-state index contributed by atoms with van der Waals surface area (Å²) in [6.45, 7) is 1.71. The molecule has 0 bridgehead atoms. The standard InChI is InChI=1S/C21H20N2O3/c1-15(17-12-11-16-7-3-4-8-18(16)13-17)22-23-21(24)14-26-20-10-6-5-9-19(20)25-2/h3-13H,14H2,1-2H3,(H,23,24)/b22-15+. The molecule has 0 aliphatic rings. The molecule has 0 atom stereocenters. The molecule has 0 spiro atoms. The van der Waals surface area contributed by atoms with Gasteiger partial charge in [0.1, 0.15) is 0 Å². The number of ether oxygens (including phenoxy) is 2. The summed E-state index contributed by atoms with van der Waals surface area (Å²) in [6.07, 6.45) is 0. The van der Waals surface area contributed by atoms with Crippen molar-refractivity contribution in [3.05, 3.63) is 72.3 Å². The van der Waals surface area contributed by atoms with E-state index in [9.17, 15) is 4.79 Å². The third-order valence-electron chi connectivity index (χ3n) is 3.94. The number of nitrogens with zero attached hydrogens (tertiary/aromatic N) is 1. The van der Waals surface area contributed by atoms with E-state index in [-0.39, 0.29) is 12.5 Å². The highest BCUT2D eigenvalue weighted by atomic mass is 16.5. The van der Waals surface area contributed by atoms with Crippen LogP contribution in [-0.2, 0) is 4.79 Å². The lowest BCUT2D eigenvalue weighted by Gasteiger charge is -2.09. The Hall–Kier alpha value is -3.34. The molecule has 132 valence electrons. The maximum atomic E-state index is 12.0. The number of nitrogens with one attached hydrogen (secondary N) is 1. The Morgan fingerprint density at radius 2 is 1.65 bits per heavy atom. The minimum atomic E-state index is -0.337. The first kappa shape index (κ1) is 17.5. The van der Waals surface area contributed by atoms with E-state index in [4.69, 9.17) is 9.47 Å². The Morgan fingerprint density at radius 3 is 2.42 bits per heavy atom. The van der Waals surface area contributed by atoms with Crippen molar-refractivity contribution in [3.8, 4) is 11.5 Å². The lowest BCUT2D eigenvalue weighted by atomic mass is 10.0. The van der Waals surface area contributed by atoms with Crippen LogP contribution >= 0.6 is 0 Å². The van der Waals surface area contributed by atoms with Crippen LogP contribution in [0, 0.1) is 0 Å². The topological polar surface area (TPSA) is 59.9 Å². The van der Waals surface area contributed by atoms with E-state index in [0.717, 1.165) is 16.7 Å². The average Bonchev–Trinajstić information content (AvgIpc) is 2.70. The minimum absolute atomic E-state index is 0.144. The van der Waals surface area contributed by atoms with Crippen LogP contribution in [0.1, 0.15) is 12.5 Å². The predicted molar refractivity (Wildman–Crippen MR) is 103 cm³/mol. The second kappa shape index (κ2) is 8.16. The highest BCUT2D eigenvalue weighted by molar-refractivity contribution is 6.02. The van der Waals surface area contributed by atoms with Crippen LogP contribution < -0.4 is 14.9 Å². The third kappa shape index (κ3) is 4.19. The molecule has 0 unspecified atom stereocenters. The SMILES string of the molecule is COc1ccccc1OCC(=O)N/N=C(\C)c1ccc2ccccc2c1. The second-order valence-electron chi connectivity index (χ2n) is 5.73. The molecule has 3 rings (SSSR count). The molecule has 0 radical (unpaired) electrons. The predicted octanol–water partition coefficient (Wildman–Crippen LogP) is 3.77. The number of methoxy groups -OCH3 is 1. The summed E-state index contributed by atoms with van der Waals surface area (Å²) in [5, 5.41) is 6.46. The lowest BCUT2D eigenvalue weighted by molar-refractivity contribution is -0.123. The minimum Gasteiger partial charge on any atom is -0.493 e. The average molecular weight is 348 g/mol. The Labute approximate surface area is 152 Å². The quantitative estimate of drug-likeness (QED) is 0.545. The first-order valence-electron chi connectivity index (χ1n) is 8.25. The van der Waals surface area contributed by atoms with Crippen molar-refractivity contribution < 1.29 is 14.3 Å². The first-order chi connectivity index (χ1) is 12.7. The largest absolute Gasteiger partial charge is 0.493 e. The summed E-state index contributed by atoms with van der Waals surface area (Å²) in [5.41, 5.74) is 4.20. The monoisotopic (exact) mass is 348 g/mol. The zero-order valence-electron chi connectivity index (χ0n) is 14.7. The van der Waals surface area contributed by atoms with Crippen LogP contribution in [0.25, 0.3) is 10.8 Å². The van der Waals surface area contributed by atoms with E-state index in [1.807, 2.05) is 55.5 Å². The number of amides is 1. The van der Waals surface area contributed by atoms with Crippen molar-refractivity contribution in [1.29, 1.82) is 0 Å². The van der Waals surface area contributed by atoms with Crippen LogP contribution in [-0.4, -0.2) is 25.3 Å². The molecule has 26 heavy (non-hydrogen) atoms. The van der Waals surface area contributed by atoms with Gasteiger partial charge in [0, 0.05) is 0 Å². The van der Waals surface area contributed by atoms with Crippen LogP contribution in [0.15, 0.2) is 71.8 Å². The van der Waals surface area contributed by atoms with Crippen LogP contribution in [0.3, 0.4) is 0 Å². The molecule has 3 aromatic rings. The molecule has 0 aromatic heterocycles. The lowest BCUT2D eigenvalue weighted by Crippen LogP contribution is -2.25. The van der Waals surface area contributed by atoms with E-state index in [0.29, 0.717) is 11.5 Å². The fourth-order valence-corrected chi connectivity index (χ4v) is 2.54. The van der Waals surface area contributed by atoms with Gasteiger partial charge in [-0.05, 0) is 41.5 Å². The van der Waals surface area contributed by atoms with Crippen molar-refractivity contribution in [3.63, 3.8) is 0 Å². The van der Waals surface area contributed by atoms with E-state index < -0.39 is 0 Å². The third-order valence-corrected chi connectivity index (χ3v) is 3.94. The number of hydrogen-bond donors (Lipinski definition) is 1. The van der Waals surface area contributed by atoms with Gasteiger partial charge in [0.05, 0.1) is 12.8 Å². The van der Waals surface area contributed by atoms with Crippen LogP contribution in [0.2, 0.25) is 0 Å². The first-order valence-corrected chi connectivity index (χ1v) is 8.25. The molecular weight excluding hydrogens is 328 g/mol. The Morgan fingerprint density at radius 1 is 0.962 bits per heavy atom. The van der Waals surface area contributed by atoms with E-state index in [1.54, 1.807) is 19.2 Å². The van der Waals surface area contributed by atoms with E-state index in [1.165, 1.54) is 5.39 Å². The summed E-state index contributed by atoms with van der Waals surface area (Å²) in [4.78, 5) is 12.0. The van der Waals surface area contributed by atoms with Crippen molar-refractivity contribution in [1.82, 2.24) is 5.43 Å². The molecule has 0 heterocycles. The molecule has 0 fully saturated rings. The fraction of sp³-hybridized carbons (Fsp3) is 0.143. The highest BCUT2D eigenvalue weighted by Gasteiger charge is 2.07. The molecule has 0 aliphatic carbocycles. The van der Waals surface area contributed by atoms with Crippen molar-refractivity contribution in [2.45, 2.75) is 6.92 Å².